The van der Waals surface area contributed by atoms with Crippen molar-refractivity contribution in [3.63, 3.8) is 0 Å². The van der Waals surface area contributed by atoms with Crippen LogP contribution in [-0.4, -0.2) is 9.97 Å². The van der Waals surface area contributed by atoms with Crippen molar-refractivity contribution in [3.8, 4) is 6.07 Å². The van der Waals surface area contributed by atoms with Crippen LogP contribution in [0.5, 0.6) is 0 Å². The van der Waals surface area contributed by atoms with E-state index < -0.39 is 17.3 Å². The van der Waals surface area contributed by atoms with Crippen molar-refractivity contribution in [1.82, 2.24) is 9.97 Å². The lowest BCUT2D eigenvalue weighted by Crippen LogP contribution is -2.08. The van der Waals surface area contributed by atoms with Crippen molar-refractivity contribution in [2.75, 3.05) is 0 Å². The molecule has 0 spiro atoms. The fourth-order valence-corrected chi connectivity index (χ4v) is 1.33. The van der Waals surface area contributed by atoms with Crippen molar-refractivity contribution in [1.29, 1.82) is 5.26 Å². The summed E-state index contributed by atoms with van der Waals surface area (Å²) in [7, 11) is 0. The largest absolute Gasteiger partial charge is 0.417 e. The molecule has 0 atom stereocenters. The van der Waals surface area contributed by atoms with Crippen molar-refractivity contribution in [2.45, 2.75) is 33.9 Å². The molecule has 2 heterocycles. The van der Waals surface area contributed by atoms with Gasteiger partial charge in [-0.15, -0.1) is 0 Å². The molecule has 6 heteroatoms. The number of halogens is 3. The van der Waals surface area contributed by atoms with E-state index in [4.69, 9.17) is 5.26 Å². The molecule has 22 heavy (non-hydrogen) atoms. The zero-order chi connectivity index (χ0) is 17.2. The highest BCUT2D eigenvalue weighted by Gasteiger charge is 2.33. The van der Waals surface area contributed by atoms with E-state index in [1.165, 1.54) is 18.6 Å². The molecule has 0 aliphatic rings. The SMILES string of the molecule is CC.Cc1cc(C(F)(F)F)c(C#N)cn1.Cc1cccnc1. The van der Waals surface area contributed by atoms with Gasteiger partial charge in [-0.3, -0.25) is 9.97 Å². The zero-order valence-electron chi connectivity index (χ0n) is 12.9. The zero-order valence-corrected chi connectivity index (χ0v) is 12.9. The summed E-state index contributed by atoms with van der Waals surface area (Å²) >= 11 is 0. The predicted octanol–water partition coefficient (Wildman–Crippen LogP) is 4.70. The van der Waals surface area contributed by atoms with E-state index in [-0.39, 0.29) is 5.69 Å². The Balaban J connectivity index is 0.000000412. The average Bonchev–Trinajstić information content (AvgIpc) is 2.50. The van der Waals surface area contributed by atoms with Gasteiger partial charge >= 0.3 is 6.18 Å². The van der Waals surface area contributed by atoms with E-state index in [2.05, 4.69) is 9.97 Å². The number of hydrogen-bond acceptors (Lipinski definition) is 3. The van der Waals surface area contributed by atoms with Crippen molar-refractivity contribution >= 4 is 0 Å². The van der Waals surface area contributed by atoms with E-state index in [1.54, 1.807) is 6.20 Å². The third kappa shape index (κ3) is 6.84. The van der Waals surface area contributed by atoms with Crippen LogP contribution in [-0.2, 0) is 6.18 Å². The molecule has 3 nitrogen and oxygen atoms in total. The van der Waals surface area contributed by atoms with Crippen LogP contribution < -0.4 is 0 Å². The molecule has 0 amide bonds. The number of aromatic nitrogens is 2. The highest BCUT2D eigenvalue weighted by Crippen LogP contribution is 2.31. The first-order valence-electron chi connectivity index (χ1n) is 6.65. The van der Waals surface area contributed by atoms with E-state index in [1.807, 2.05) is 39.1 Å². The highest BCUT2D eigenvalue weighted by molar-refractivity contribution is 5.38. The molecule has 0 saturated carbocycles. The van der Waals surface area contributed by atoms with Crippen molar-refractivity contribution in [3.05, 3.63) is 59.2 Å². The van der Waals surface area contributed by atoms with Crippen LogP contribution in [0.4, 0.5) is 13.2 Å². The summed E-state index contributed by atoms with van der Waals surface area (Å²) in [5, 5.41) is 8.38. The smallest absolute Gasteiger partial charge is 0.264 e. The molecule has 0 fully saturated rings. The molecular formula is C16H18F3N3. The number of nitriles is 1. The van der Waals surface area contributed by atoms with E-state index >= 15 is 0 Å². The second kappa shape index (κ2) is 9.50. The van der Waals surface area contributed by atoms with Gasteiger partial charge in [0.1, 0.15) is 6.07 Å². The van der Waals surface area contributed by atoms with Crippen LogP contribution in [0.2, 0.25) is 0 Å². The molecule has 0 aromatic carbocycles. The summed E-state index contributed by atoms with van der Waals surface area (Å²) in [5.41, 5.74) is 0.0782. The van der Waals surface area contributed by atoms with Crippen LogP contribution in [0, 0.1) is 25.2 Å². The maximum atomic E-state index is 12.2. The molecule has 0 aliphatic carbocycles. The third-order valence-electron chi connectivity index (χ3n) is 2.28. The normalized spacial score (nSPS) is 9.55. The molecular weight excluding hydrogens is 291 g/mol. The fraction of sp³-hybridized carbons (Fsp3) is 0.312. The Morgan fingerprint density at radius 1 is 1.14 bits per heavy atom. The van der Waals surface area contributed by atoms with Gasteiger partial charge in [0.05, 0.1) is 11.1 Å². The lowest BCUT2D eigenvalue weighted by Gasteiger charge is -2.08. The first kappa shape index (κ1) is 19.6. The van der Waals surface area contributed by atoms with E-state index in [0.717, 1.165) is 12.3 Å². The minimum Gasteiger partial charge on any atom is -0.264 e. The maximum Gasteiger partial charge on any atom is 0.417 e. The molecule has 0 bridgehead atoms. The number of nitrogens with zero attached hydrogens (tertiary/aromatic N) is 3. The van der Waals surface area contributed by atoms with Gasteiger partial charge in [-0.2, -0.15) is 18.4 Å². The minimum atomic E-state index is -4.49. The number of pyridine rings is 2. The summed E-state index contributed by atoms with van der Waals surface area (Å²) in [6.07, 6.45) is 0.0456. The average molecular weight is 309 g/mol. The van der Waals surface area contributed by atoms with E-state index in [0.29, 0.717) is 0 Å². The lowest BCUT2D eigenvalue weighted by molar-refractivity contribution is -0.137. The molecule has 0 saturated heterocycles. The van der Waals surface area contributed by atoms with Crippen molar-refractivity contribution in [2.24, 2.45) is 0 Å². The Labute approximate surface area is 128 Å². The number of alkyl halides is 3. The molecule has 0 unspecified atom stereocenters. The maximum absolute atomic E-state index is 12.2. The Morgan fingerprint density at radius 2 is 1.77 bits per heavy atom. The predicted molar refractivity (Wildman–Crippen MR) is 79.0 cm³/mol. The molecule has 0 aliphatic heterocycles. The summed E-state index contributed by atoms with van der Waals surface area (Å²) < 4.78 is 36.7. The van der Waals surface area contributed by atoms with Gasteiger partial charge in [0.15, 0.2) is 0 Å². The standard InChI is InChI=1S/C8H5F3N2.C6H7N.C2H6/c1-5-2-7(8(9,10)11)6(3-12)4-13-5;1-6-3-2-4-7-5-6;1-2/h2,4H,1H3;2-5H,1H3;1-2H3. The van der Waals surface area contributed by atoms with Gasteiger partial charge in [0.25, 0.3) is 0 Å². The Hall–Kier alpha value is -2.42. The lowest BCUT2D eigenvalue weighted by atomic mass is 10.1. The van der Waals surface area contributed by atoms with Crippen LogP contribution in [0.15, 0.2) is 36.8 Å². The van der Waals surface area contributed by atoms with E-state index in [9.17, 15) is 13.2 Å². The molecule has 118 valence electrons. The fourth-order valence-electron chi connectivity index (χ4n) is 1.33. The molecule has 0 radical (unpaired) electrons. The molecule has 2 aromatic heterocycles. The topological polar surface area (TPSA) is 49.6 Å². The Morgan fingerprint density at radius 3 is 2.14 bits per heavy atom. The van der Waals surface area contributed by atoms with Crippen molar-refractivity contribution < 1.29 is 13.2 Å². The van der Waals surface area contributed by atoms with Crippen LogP contribution in [0.1, 0.15) is 36.2 Å². The number of hydrogen-bond donors (Lipinski definition) is 0. The third-order valence-corrected chi connectivity index (χ3v) is 2.28. The minimum absolute atomic E-state index is 0.242. The number of rotatable bonds is 0. The molecule has 0 N–H and O–H groups in total. The van der Waals surface area contributed by atoms with Gasteiger partial charge in [-0.05, 0) is 31.5 Å². The highest BCUT2D eigenvalue weighted by atomic mass is 19.4. The van der Waals surface area contributed by atoms with Gasteiger partial charge < -0.3 is 0 Å². The Bertz CT molecular complexity index is 602. The molecule has 2 rings (SSSR count). The second-order valence-electron chi connectivity index (χ2n) is 4.01. The summed E-state index contributed by atoms with van der Waals surface area (Å²) in [5.74, 6) is 0. The summed E-state index contributed by atoms with van der Waals surface area (Å²) in [4.78, 5) is 7.49. The first-order valence-corrected chi connectivity index (χ1v) is 6.65. The quantitative estimate of drug-likeness (QED) is 0.709. The van der Waals surface area contributed by atoms with Crippen LogP contribution >= 0.6 is 0 Å². The number of aryl methyl sites for hydroxylation is 2. The second-order valence-corrected chi connectivity index (χ2v) is 4.01. The van der Waals surface area contributed by atoms with Gasteiger partial charge in [0, 0.05) is 24.3 Å². The molecule has 2 aromatic rings. The Kier molecular flexibility index (Phi) is 8.46. The first-order chi connectivity index (χ1) is 10.3. The summed E-state index contributed by atoms with van der Waals surface area (Å²) in [6, 6.07) is 6.25. The summed E-state index contributed by atoms with van der Waals surface area (Å²) in [6.45, 7) is 7.46. The van der Waals surface area contributed by atoms with Gasteiger partial charge in [-0.25, -0.2) is 0 Å². The van der Waals surface area contributed by atoms with Crippen LogP contribution in [0.25, 0.3) is 0 Å². The van der Waals surface area contributed by atoms with Crippen LogP contribution in [0.3, 0.4) is 0 Å². The van der Waals surface area contributed by atoms with Gasteiger partial charge in [0.2, 0.25) is 0 Å². The monoisotopic (exact) mass is 309 g/mol. The van der Waals surface area contributed by atoms with Gasteiger partial charge in [-0.1, -0.05) is 19.9 Å².